The summed E-state index contributed by atoms with van der Waals surface area (Å²) in [7, 11) is 0. The normalized spacial score (nSPS) is 12.2. The van der Waals surface area contributed by atoms with Crippen LogP contribution in [0.25, 0.3) is 0 Å². The van der Waals surface area contributed by atoms with E-state index in [1.165, 1.54) is 0 Å². The van der Waals surface area contributed by atoms with Crippen molar-refractivity contribution < 1.29 is 22.0 Å². The molecule has 0 saturated carbocycles. The second-order valence-corrected chi connectivity index (χ2v) is 3.72. The SMILES string of the molecule is FC(F)c1c(CBr)ncc(C(F)(F)F)c1Cl. The minimum atomic E-state index is -4.79. The molecule has 0 aromatic carbocycles. The third-order valence-corrected chi connectivity index (χ3v) is 2.72. The molecule has 16 heavy (non-hydrogen) atoms. The largest absolute Gasteiger partial charge is 0.419 e. The summed E-state index contributed by atoms with van der Waals surface area (Å²) in [6.07, 6.45) is -7.45. The third-order valence-electron chi connectivity index (χ3n) is 1.78. The fourth-order valence-corrected chi connectivity index (χ4v) is 1.86. The molecule has 0 bridgehead atoms. The van der Waals surface area contributed by atoms with Crippen molar-refractivity contribution in [2.45, 2.75) is 17.9 Å². The zero-order valence-electron chi connectivity index (χ0n) is 7.45. The summed E-state index contributed by atoms with van der Waals surface area (Å²) in [6, 6.07) is 0. The predicted molar refractivity (Wildman–Crippen MR) is 51.8 cm³/mol. The van der Waals surface area contributed by atoms with Crippen LogP contribution in [0.2, 0.25) is 5.02 Å². The topological polar surface area (TPSA) is 12.9 Å². The van der Waals surface area contributed by atoms with Crippen molar-refractivity contribution in [3.05, 3.63) is 28.0 Å². The van der Waals surface area contributed by atoms with Gasteiger partial charge in [0.05, 0.1) is 21.8 Å². The summed E-state index contributed by atoms with van der Waals surface area (Å²) in [4.78, 5) is 3.31. The number of alkyl halides is 6. The molecule has 0 spiro atoms. The number of pyridine rings is 1. The number of nitrogens with zero attached hydrogens (tertiary/aromatic N) is 1. The van der Waals surface area contributed by atoms with Gasteiger partial charge >= 0.3 is 6.18 Å². The van der Waals surface area contributed by atoms with Crippen LogP contribution in [-0.4, -0.2) is 4.98 Å². The molecule has 1 aromatic rings. The van der Waals surface area contributed by atoms with E-state index in [1.54, 1.807) is 0 Å². The van der Waals surface area contributed by atoms with Gasteiger partial charge in [-0.2, -0.15) is 13.2 Å². The van der Waals surface area contributed by atoms with E-state index in [9.17, 15) is 22.0 Å². The monoisotopic (exact) mass is 323 g/mol. The standard InChI is InChI=1S/C8H4BrClF5N/c9-1-4-5(7(11)12)6(10)3(2-16-4)8(13,14)15/h2,7H,1H2. The Morgan fingerprint density at radius 2 is 1.94 bits per heavy atom. The van der Waals surface area contributed by atoms with E-state index in [0.29, 0.717) is 6.20 Å². The molecule has 8 heteroatoms. The fraction of sp³-hybridized carbons (Fsp3) is 0.375. The second-order valence-electron chi connectivity index (χ2n) is 2.78. The Labute approximate surface area is 101 Å². The number of rotatable bonds is 2. The summed E-state index contributed by atoms with van der Waals surface area (Å²) < 4.78 is 62.1. The van der Waals surface area contributed by atoms with Gasteiger partial charge in [-0.1, -0.05) is 27.5 Å². The first-order chi connectivity index (χ1) is 7.29. The van der Waals surface area contributed by atoms with E-state index in [0.717, 1.165) is 0 Å². The summed E-state index contributed by atoms with van der Waals surface area (Å²) >= 11 is 8.16. The Balaban J connectivity index is 3.44. The van der Waals surface area contributed by atoms with Crippen LogP contribution >= 0.6 is 27.5 Å². The van der Waals surface area contributed by atoms with Gasteiger partial charge in [0.1, 0.15) is 0 Å². The molecule has 0 aliphatic heterocycles. The lowest BCUT2D eigenvalue weighted by Gasteiger charge is -2.13. The van der Waals surface area contributed by atoms with Crippen molar-refractivity contribution in [1.29, 1.82) is 0 Å². The first-order valence-electron chi connectivity index (χ1n) is 3.87. The lowest BCUT2D eigenvalue weighted by Crippen LogP contribution is -2.10. The van der Waals surface area contributed by atoms with Gasteiger partial charge in [0.15, 0.2) is 0 Å². The highest BCUT2D eigenvalue weighted by atomic mass is 79.9. The van der Waals surface area contributed by atoms with Crippen molar-refractivity contribution in [2.75, 3.05) is 0 Å². The van der Waals surface area contributed by atoms with Crippen LogP contribution in [-0.2, 0) is 11.5 Å². The van der Waals surface area contributed by atoms with Gasteiger partial charge in [-0.15, -0.1) is 0 Å². The summed E-state index contributed by atoms with van der Waals surface area (Å²) in [5.41, 5.74) is -2.43. The minimum absolute atomic E-state index is 0.0927. The number of hydrogen-bond donors (Lipinski definition) is 0. The van der Waals surface area contributed by atoms with Crippen LogP contribution in [0.3, 0.4) is 0 Å². The molecule has 1 rings (SSSR count). The molecule has 1 aromatic heterocycles. The predicted octanol–water partition coefficient (Wildman–Crippen LogP) is 4.59. The Morgan fingerprint density at radius 3 is 2.31 bits per heavy atom. The van der Waals surface area contributed by atoms with Crippen LogP contribution < -0.4 is 0 Å². The summed E-state index contributed by atoms with van der Waals surface area (Å²) in [6.45, 7) is 0. The molecule has 0 radical (unpaired) electrons. The Bertz CT molecular complexity index is 393. The smallest absolute Gasteiger partial charge is 0.259 e. The van der Waals surface area contributed by atoms with Crippen LogP contribution in [0.5, 0.6) is 0 Å². The molecule has 0 atom stereocenters. The van der Waals surface area contributed by atoms with Gasteiger partial charge in [0.25, 0.3) is 6.43 Å². The Morgan fingerprint density at radius 1 is 1.38 bits per heavy atom. The molecular weight excluding hydrogens is 320 g/mol. The van der Waals surface area contributed by atoms with Crippen LogP contribution in [0.15, 0.2) is 6.20 Å². The van der Waals surface area contributed by atoms with Crippen molar-refractivity contribution in [3.63, 3.8) is 0 Å². The molecule has 90 valence electrons. The van der Waals surface area contributed by atoms with Crippen LogP contribution in [0, 0.1) is 0 Å². The lowest BCUT2D eigenvalue weighted by atomic mass is 10.1. The molecular formula is C8H4BrClF5N. The van der Waals surface area contributed by atoms with Crippen molar-refractivity contribution in [1.82, 2.24) is 4.98 Å². The van der Waals surface area contributed by atoms with Gasteiger partial charge in [0, 0.05) is 11.5 Å². The van der Waals surface area contributed by atoms with Gasteiger partial charge in [-0.3, -0.25) is 4.98 Å². The molecule has 0 amide bonds. The maximum Gasteiger partial charge on any atom is 0.419 e. The maximum atomic E-state index is 12.5. The van der Waals surface area contributed by atoms with E-state index in [-0.39, 0.29) is 11.0 Å². The maximum absolute atomic E-state index is 12.5. The number of halogens is 7. The molecule has 0 aliphatic rings. The Kier molecular flexibility index (Phi) is 4.12. The highest BCUT2D eigenvalue weighted by molar-refractivity contribution is 9.08. The highest BCUT2D eigenvalue weighted by Crippen LogP contribution is 2.40. The molecule has 0 saturated heterocycles. The lowest BCUT2D eigenvalue weighted by molar-refractivity contribution is -0.137. The van der Waals surface area contributed by atoms with Crippen molar-refractivity contribution in [3.8, 4) is 0 Å². The van der Waals surface area contributed by atoms with E-state index in [2.05, 4.69) is 20.9 Å². The van der Waals surface area contributed by atoms with Crippen LogP contribution in [0.4, 0.5) is 22.0 Å². The zero-order valence-corrected chi connectivity index (χ0v) is 9.80. The van der Waals surface area contributed by atoms with Crippen molar-refractivity contribution in [2.24, 2.45) is 0 Å². The van der Waals surface area contributed by atoms with Gasteiger partial charge in [0.2, 0.25) is 0 Å². The molecule has 1 nitrogen and oxygen atoms in total. The van der Waals surface area contributed by atoms with E-state index >= 15 is 0 Å². The molecule has 0 aliphatic carbocycles. The average Bonchev–Trinajstić information content (AvgIpc) is 2.14. The fourth-order valence-electron chi connectivity index (χ4n) is 1.07. The first-order valence-corrected chi connectivity index (χ1v) is 5.37. The number of aromatic nitrogens is 1. The molecule has 0 fully saturated rings. The van der Waals surface area contributed by atoms with Crippen molar-refractivity contribution >= 4 is 27.5 Å². The second kappa shape index (κ2) is 4.83. The third kappa shape index (κ3) is 2.63. The Hall–Kier alpha value is -0.430. The van der Waals surface area contributed by atoms with Gasteiger partial charge in [-0.05, 0) is 0 Å². The highest BCUT2D eigenvalue weighted by Gasteiger charge is 2.36. The molecule has 1 heterocycles. The zero-order chi connectivity index (χ0) is 12.5. The summed E-state index contributed by atoms with van der Waals surface area (Å²) in [5, 5.41) is -1.09. The number of hydrogen-bond acceptors (Lipinski definition) is 1. The quantitative estimate of drug-likeness (QED) is 0.573. The van der Waals surface area contributed by atoms with Gasteiger partial charge in [-0.25, -0.2) is 8.78 Å². The minimum Gasteiger partial charge on any atom is -0.259 e. The van der Waals surface area contributed by atoms with Crippen LogP contribution in [0.1, 0.15) is 23.2 Å². The first kappa shape index (κ1) is 13.6. The van der Waals surface area contributed by atoms with E-state index in [4.69, 9.17) is 11.6 Å². The van der Waals surface area contributed by atoms with E-state index < -0.39 is 28.8 Å². The molecule has 0 unspecified atom stereocenters. The average molecular weight is 324 g/mol. The van der Waals surface area contributed by atoms with E-state index in [1.807, 2.05) is 0 Å². The summed E-state index contributed by atoms with van der Waals surface area (Å²) in [5.74, 6) is 0. The van der Waals surface area contributed by atoms with Gasteiger partial charge < -0.3 is 0 Å². The molecule has 0 N–H and O–H groups in total.